The summed E-state index contributed by atoms with van der Waals surface area (Å²) in [4.78, 5) is 7.92. The number of benzene rings is 1. The highest BCUT2D eigenvalue weighted by atomic mass is 32.1. The third-order valence-corrected chi connectivity index (χ3v) is 3.81. The SMILES string of the molecule is CCCc1cc(=S)nc(C2COc3ccccc3C2)[nH]1. The Hall–Kier alpha value is -1.68. The van der Waals surface area contributed by atoms with Crippen molar-refractivity contribution in [3.63, 3.8) is 0 Å². The molecule has 0 fully saturated rings. The molecule has 0 saturated heterocycles. The number of rotatable bonds is 3. The van der Waals surface area contributed by atoms with Crippen molar-refractivity contribution in [1.29, 1.82) is 0 Å². The average molecular weight is 286 g/mol. The average Bonchev–Trinajstić information content (AvgIpc) is 2.46. The number of nitrogens with zero attached hydrogens (tertiary/aromatic N) is 1. The first-order valence-electron chi connectivity index (χ1n) is 7.07. The number of fused-ring (bicyclic) bond motifs is 1. The maximum Gasteiger partial charge on any atom is 0.130 e. The van der Waals surface area contributed by atoms with E-state index < -0.39 is 0 Å². The number of hydrogen-bond donors (Lipinski definition) is 1. The van der Waals surface area contributed by atoms with Crippen LogP contribution in [0.3, 0.4) is 0 Å². The maximum atomic E-state index is 5.84. The predicted octanol–water partition coefficient (Wildman–Crippen LogP) is 3.81. The van der Waals surface area contributed by atoms with Gasteiger partial charge in [-0.1, -0.05) is 43.8 Å². The van der Waals surface area contributed by atoms with Crippen molar-refractivity contribution in [2.24, 2.45) is 0 Å². The molecule has 1 atom stereocenters. The molecule has 4 heteroatoms. The van der Waals surface area contributed by atoms with Crippen LogP contribution in [0.25, 0.3) is 0 Å². The fraction of sp³-hybridized carbons (Fsp3) is 0.375. The van der Waals surface area contributed by atoms with Gasteiger partial charge in [0.1, 0.15) is 16.2 Å². The number of hydrogen-bond acceptors (Lipinski definition) is 3. The van der Waals surface area contributed by atoms with Gasteiger partial charge >= 0.3 is 0 Å². The topological polar surface area (TPSA) is 37.9 Å². The molecular weight excluding hydrogens is 268 g/mol. The molecule has 1 N–H and O–H groups in total. The molecule has 0 radical (unpaired) electrons. The highest BCUT2D eigenvalue weighted by molar-refractivity contribution is 7.71. The molecule has 104 valence electrons. The molecule has 1 aliphatic rings. The summed E-state index contributed by atoms with van der Waals surface area (Å²) in [5.74, 6) is 2.20. The monoisotopic (exact) mass is 286 g/mol. The van der Waals surface area contributed by atoms with Crippen LogP contribution in [-0.4, -0.2) is 16.6 Å². The van der Waals surface area contributed by atoms with Gasteiger partial charge in [0.15, 0.2) is 0 Å². The first-order chi connectivity index (χ1) is 9.76. The third-order valence-electron chi connectivity index (χ3n) is 3.60. The molecule has 1 unspecified atom stereocenters. The highest BCUT2D eigenvalue weighted by Gasteiger charge is 2.22. The van der Waals surface area contributed by atoms with Gasteiger partial charge < -0.3 is 9.72 Å². The van der Waals surface area contributed by atoms with E-state index >= 15 is 0 Å². The standard InChI is InChI=1S/C16H18N2OS/c1-2-5-13-9-15(20)18-16(17-13)12-8-11-6-3-4-7-14(11)19-10-12/h3-4,6-7,9,12H,2,5,8,10H2,1H3,(H,17,18,20). The van der Waals surface area contributed by atoms with E-state index in [0.717, 1.165) is 30.8 Å². The van der Waals surface area contributed by atoms with Crippen molar-refractivity contribution in [2.45, 2.75) is 32.1 Å². The second kappa shape index (κ2) is 5.75. The maximum absolute atomic E-state index is 5.84. The minimum atomic E-state index is 0.253. The summed E-state index contributed by atoms with van der Waals surface area (Å²) in [5, 5.41) is 0. The Morgan fingerprint density at radius 3 is 3.10 bits per heavy atom. The molecule has 3 rings (SSSR count). The largest absolute Gasteiger partial charge is 0.493 e. The molecule has 2 aromatic rings. The molecule has 0 amide bonds. The van der Waals surface area contributed by atoms with E-state index in [-0.39, 0.29) is 5.92 Å². The van der Waals surface area contributed by atoms with Crippen LogP contribution in [-0.2, 0) is 12.8 Å². The summed E-state index contributed by atoms with van der Waals surface area (Å²) in [6.07, 6.45) is 3.05. The van der Waals surface area contributed by atoms with Crippen molar-refractivity contribution >= 4 is 12.2 Å². The summed E-state index contributed by atoms with van der Waals surface area (Å²) in [5.41, 5.74) is 2.41. The molecule has 3 nitrogen and oxygen atoms in total. The Balaban J connectivity index is 1.89. The van der Waals surface area contributed by atoms with E-state index in [1.807, 2.05) is 24.3 Å². The van der Waals surface area contributed by atoms with Crippen LogP contribution in [0.2, 0.25) is 0 Å². The van der Waals surface area contributed by atoms with Crippen LogP contribution in [0.5, 0.6) is 5.75 Å². The molecule has 1 aromatic heterocycles. The second-order valence-corrected chi connectivity index (χ2v) is 5.62. The number of aromatic nitrogens is 2. The van der Waals surface area contributed by atoms with Gasteiger partial charge in [-0.25, -0.2) is 4.98 Å². The van der Waals surface area contributed by atoms with Crippen LogP contribution in [0, 0.1) is 4.64 Å². The van der Waals surface area contributed by atoms with Gasteiger partial charge in [-0.2, -0.15) is 0 Å². The molecule has 1 aromatic carbocycles. The molecule has 0 bridgehead atoms. The van der Waals surface area contributed by atoms with Crippen molar-refractivity contribution in [1.82, 2.24) is 9.97 Å². The van der Waals surface area contributed by atoms with Gasteiger partial charge in [-0.05, 0) is 30.5 Å². The molecule has 0 spiro atoms. The second-order valence-electron chi connectivity index (χ2n) is 5.20. The van der Waals surface area contributed by atoms with Gasteiger partial charge in [0, 0.05) is 5.69 Å². The fourth-order valence-corrected chi connectivity index (χ4v) is 2.87. The quantitative estimate of drug-likeness (QED) is 0.872. The van der Waals surface area contributed by atoms with E-state index in [0.29, 0.717) is 11.2 Å². The zero-order chi connectivity index (χ0) is 13.9. The molecule has 2 heterocycles. The van der Waals surface area contributed by atoms with E-state index in [1.165, 1.54) is 11.3 Å². The molecule has 0 saturated carbocycles. The minimum absolute atomic E-state index is 0.253. The first-order valence-corrected chi connectivity index (χ1v) is 7.48. The lowest BCUT2D eigenvalue weighted by molar-refractivity contribution is 0.257. The van der Waals surface area contributed by atoms with Crippen LogP contribution in [0.4, 0.5) is 0 Å². The number of ether oxygens (including phenoxy) is 1. The van der Waals surface area contributed by atoms with Gasteiger partial charge in [0.2, 0.25) is 0 Å². The molecule has 0 aliphatic carbocycles. The van der Waals surface area contributed by atoms with Gasteiger partial charge in [-0.15, -0.1) is 0 Å². The summed E-state index contributed by atoms with van der Waals surface area (Å²) in [6, 6.07) is 10.2. The number of aromatic amines is 1. The smallest absolute Gasteiger partial charge is 0.130 e. The summed E-state index contributed by atoms with van der Waals surface area (Å²) in [6.45, 7) is 2.82. The van der Waals surface area contributed by atoms with Crippen LogP contribution < -0.4 is 4.74 Å². The van der Waals surface area contributed by atoms with Crippen LogP contribution >= 0.6 is 12.2 Å². The zero-order valence-corrected chi connectivity index (χ0v) is 12.4. The molecule has 20 heavy (non-hydrogen) atoms. The zero-order valence-electron chi connectivity index (χ0n) is 11.6. The van der Waals surface area contributed by atoms with Gasteiger partial charge in [0.05, 0.1) is 12.5 Å². The van der Waals surface area contributed by atoms with E-state index in [2.05, 4.69) is 23.0 Å². The third kappa shape index (κ3) is 2.75. The summed E-state index contributed by atoms with van der Waals surface area (Å²) < 4.78 is 6.50. The fourth-order valence-electron chi connectivity index (χ4n) is 2.63. The number of aryl methyl sites for hydroxylation is 1. The Morgan fingerprint density at radius 2 is 2.25 bits per heavy atom. The molecule has 1 aliphatic heterocycles. The summed E-state index contributed by atoms with van der Waals surface area (Å²) >= 11 is 5.28. The lowest BCUT2D eigenvalue weighted by Gasteiger charge is -2.24. The Kier molecular flexibility index (Phi) is 3.83. The van der Waals surface area contributed by atoms with Crippen molar-refractivity contribution in [3.05, 3.63) is 52.1 Å². The predicted molar refractivity (Wildman–Crippen MR) is 81.8 cm³/mol. The number of para-hydroxylation sites is 1. The van der Waals surface area contributed by atoms with Crippen LogP contribution in [0.15, 0.2) is 30.3 Å². The molecular formula is C16H18N2OS. The van der Waals surface area contributed by atoms with Crippen LogP contribution in [0.1, 0.15) is 36.3 Å². The Morgan fingerprint density at radius 1 is 1.40 bits per heavy atom. The highest BCUT2D eigenvalue weighted by Crippen LogP contribution is 2.30. The summed E-state index contributed by atoms with van der Waals surface area (Å²) in [7, 11) is 0. The van der Waals surface area contributed by atoms with E-state index in [4.69, 9.17) is 17.0 Å². The van der Waals surface area contributed by atoms with Gasteiger partial charge in [0.25, 0.3) is 0 Å². The normalized spacial score (nSPS) is 17.4. The number of nitrogens with one attached hydrogen (secondary N) is 1. The lowest BCUT2D eigenvalue weighted by Crippen LogP contribution is -2.21. The van der Waals surface area contributed by atoms with E-state index in [9.17, 15) is 0 Å². The minimum Gasteiger partial charge on any atom is -0.493 e. The van der Waals surface area contributed by atoms with Crippen molar-refractivity contribution < 1.29 is 4.74 Å². The Labute approximate surface area is 124 Å². The lowest BCUT2D eigenvalue weighted by atomic mass is 9.96. The van der Waals surface area contributed by atoms with Crippen molar-refractivity contribution in [3.8, 4) is 5.75 Å². The number of H-pyrrole nitrogens is 1. The first kappa shape index (κ1) is 13.3. The van der Waals surface area contributed by atoms with E-state index in [1.54, 1.807) is 0 Å². The van der Waals surface area contributed by atoms with Gasteiger partial charge in [-0.3, -0.25) is 0 Å². The Bertz CT molecular complexity index is 666. The van der Waals surface area contributed by atoms with Crippen molar-refractivity contribution in [2.75, 3.05) is 6.61 Å².